The first-order chi connectivity index (χ1) is 12.6. The number of hydrogen-bond donors (Lipinski definition) is 2. The molecule has 7 heteroatoms. The molecule has 2 heterocycles. The lowest BCUT2D eigenvalue weighted by molar-refractivity contribution is 0.0601. The van der Waals surface area contributed by atoms with Crippen LogP contribution in [0.4, 0.5) is 17.3 Å². The number of nitrogens with one attached hydrogen (secondary N) is 2. The molecular formula is C19H19N5O2. The zero-order valence-corrected chi connectivity index (χ0v) is 14.6. The van der Waals surface area contributed by atoms with E-state index in [0.29, 0.717) is 29.6 Å². The summed E-state index contributed by atoms with van der Waals surface area (Å²) >= 11 is 0. The van der Waals surface area contributed by atoms with Gasteiger partial charge >= 0.3 is 5.97 Å². The van der Waals surface area contributed by atoms with Crippen molar-refractivity contribution in [3.8, 4) is 0 Å². The third kappa shape index (κ3) is 4.54. The van der Waals surface area contributed by atoms with Crippen LogP contribution in [0.2, 0.25) is 0 Å². The smallest absolute Gasteiger partial charge is 0.337 e. The first-order valence-corrected chi connectivity index (χ1v) is 8.09. The molecule has 0 bridgehead atoms. The summed E-state index contributed by atoms with van der Waals surface area (Å²) in [7, 11) is 1.36. The number of aromatic nitrogens is 3. The fourth-order valence-corrected chi connectivity index (χ4v) is 2.36. The molecule has 0 saturated heterocycles. The number of benzene rings is 1. The molecule has 2 N–H and O–H groups in total. The molecule has 0 aliphatic carbocycles. The maximum atomic E-state index is 11.5. The van der Waals surface area contributed by atoms with Crippen molar-refractivity contribution in [1.29, 1.82) is 0 Å². The van der Waals surface area contributed by atoms with Crippen LogP contribution in [0.15, 0.2) is 54.7 Å². The second kappa shape index (κ2) is 8.06. The quantitative estimate of drug-likeness (QED) is 0.660. The topological polar surface area (TPSA) is 89.0 Å². The van der Waals surface area contributed by atoms with Gasteiger partial charge < -0.3 is 15.4 Å². The number of aryl methyl sites for hydroxylation is 1. The lowest BCUT2D eigenvalue weighted by Crippen LogP contribution is -2.06. The van der Waals surface area contributed by atoms with Crippen LogP contribution in [0, 0.1) is 6.92 Å². The highest BCUT2D eigenvalue weighted by Gasteiger charge is 2.06. The summed E-state index contributed by atoms with van der Waals surface area (Å²) in [4.78, 5) is 24.5. The van der Waals surface area contributed by atoms with Crippen molar-refractivity contribution in [1.82, 2.24) is 15.0 Å². The Kier molecular flexibility index (Phi) is 5.38. The van der Waals surface area contributed by atoms with Crippen molar-refractivity contribution >= 4 is 23.3 Å². The van der Waals surface area contributed by atoms with E-state index < -0.39 is 0 Å². The summed E-state index contributed by atoms with van der Waals surface area (Å²) in [6.45, 7) is 2.40. The molecule has 0 saturated carbocycles. The SMILES string of the molecule is COC(=O)c1ccc(Nc2cc(NCc3ccccn3)nc(C)n2)cc1. The summed E-state index contributed by atoms with van der Waals surface area (Å²) in [5.41, 5.74) is 2.23. The number of carbonyl (C=O) groups excluding carboxylic acids is 1. The summed E-state index contributed by atoms with van der Waals surface area (Å²) in [5.74, 6) is 1.64. The molecule has 0 aliphatic rings. The maximum Gasteiger partial charge on any atom is 0.337 e. The lowest BCUT2D eigenvalue weighted by Gasteiger charge is -2.10. The van der Waals surface area contributed by atoms with Crippen LogP contribution < -0.4 is 10.6 Å². The Balaban J connectivity index is 1.70. The van der Waals surface area contributed by atoms with Gasteiger partial charge in [0.1, 0.15) is 17.5 Å². The second-order valence-electron chi connectivity index (χ2n) is 5.55. The molecule has 0 radical (unpaired) electrons. The molecule has 2 aromatic heterocycles. The number of nitrogens with zero attached hydrogens (tertiary/aromatic N) is 3. The molecule has 0 fully saturated rings. The molecule has 7 nitrogen and oxygen atoms in total. The van der Waals surface area contributed by atoms with Gasteiger partial charge in [0.2, 0.25) is 0 Å². The second-order valence-corrected chi connectivity index (χ2v) is 5.55. The number of hydrogen-bond acceptors (Lipinski definition) is 7. The van der Waals surface area contributed by atoms with E-state index in [1.807, 2.05) is 31.2 Å². The number of rotatable bonds is 6. The summed E-state index contributed by atoms with van der Waals surface area (Å²) in [6, 6.07) is 14.6. The third-order valence-corrected chi connectivity index (χ3v) is 3.59. The monoisotopic (exact) mass is 349 g/mol. The van der Waals surface area contributed by atoms with Crippen LogP contribution in [-0.4, -0.2) is 28.0 Å². The van der Waals surface area contributed by atoms with Gasteiger partial charge in [0, 0.05) is 18.0 Å². The van der Waals surface area contributed by atoms with E-state index in [0.717, 1.165) is 11.4 Å². The van der Waals surface area contributed by atoms with Gasteiger partial charge in [0.05, 0.1) is 24.9 Å². The van der Waals surface area contributed by atoms with Crippen LogP contribution >= 0.6 is 0 Å². The van der Waals surface area contributed by atoms with E-state index in [2.05, 4.69) is 25.6 Å². The van der Waals surface area contributed by atoms with Crippen molar-refractivity contribution in [3.63, 3.8) is 0 Å². The van der Waals surface area contributed by atoms with Crippen LogP contribution in [0.3, 0.4) is 0 Å². The Morgan fingerprint density at radius 2 is 1.85 bits per heavy atom. The highest BCUT2D eigenvalue weighted by atomic mass is 16.5. The number of anilines is 3. The Labute approximate surface area is 151 Å². The highest BCUT2D eigenvalue weighted by Crippen LogP contribution is 2.18. The van der Waals surface area contributed by atoms with Crippen LogP contribution in [0.25, 0.3) is 0 Å². The number of carbonyl (C=O) groups is 1. The van der Waals surface area contributed by atoms with Crippen molar-refractivity contribution in [3.05, 3.63) is 71.8 Å². The van der Waals surface area contributed by atoms with E-state index in [1.54, 1.807) is 30.5 Å². The van der Waals surface area contributed by atoms with Crippen molar-refractivity contribution in [2.45, 2.75) is 13.5 Å². The van der Waals surface area contributed by atoms with Crippen LogP contribution in [0.1, 0.15) is 21.9 Å². The molecule has 0 spiro atoms. The van der Waals surface area contributed by atoms with Gasteiger partial charge in [-0.05, 0) is 43.3 Å². The number of methoxy groups -OCH3 is 1. The first kappa shape index (κ1) is 17.3. The number of esters is 1. The van der Waals surface area contributed by atoms with Crippen molar-refractivity contribution < 1.29 is 9.53 Å². The van der Waals surface area contributed by atoms with Crippen molar-refractivity contribution in [2.75, 3.05) is 17.7 Å². The van der Waals surface area contributed by atoms with E-state index >= 15 is 0 Å². The molecule has 3 aromatic rings. The molecule has 0 unspecified atom stereocenters. The largest absolute Gasteiger partial charge is 0.465 e. The Hall–Kier alpha value is -3.48. The fraction of sp³-hybridized carbons (Fsp3) is 0.158. The Morgan fingerprint density at radius 1 is 1.08 bits per heavy atom. The standard InChI is InChI=1S/C19H19N5O2/c1-13-22-17(21-12-16-5-3-4-10-20-16)11-18(23-13)24-15-8-6-14(7-9-15)19(25)26-2/h3-11H,12H2,1-2H3,(H2,21,22,23,24). The van der Waals surface area contributed by atoms with Crippen molar-refractivity contribution in [2.24, 2.45) is 0 Å². The average molecular weight is 349 g/mol. The van der Waals surface area contributed by atoms with E-state index in [9.17, 15) is 4.79 Å². The maximum absolute atomic E-state index is 11.5. The first-order valence-electron chi connectivity index (χ1n) is 8.09. The normalized spacial score (nSPS) is 10.2. The summed E-state index contributed by atoms with van der Waals surface area (Å²) < 4.78 is 4.70. The van der Waals surface area contributed by atoms with Crippen LogP contribution in [-0.2, 0) is 11.3 Å². The van der Waals surface area contributed by atoms with Gasteiger partial charge in [-0.15, -0.1) is 0 Å². The Morgan fingerprint density at radius 3 is 2.54 bits per heavy atom. The molecule has 3 rings (SSSR count). The van der Waals surface area contributed by atoms with Gasteiger partial charge in [0.25, 0.3) is 0 Å². The molecule has 0 atom stereocenters. The van der Waals surface area contributed by atoms with E-state index in [1.165, 1.54) is 7.11 Å². The van der Waals surface area contributed by atoms with E-state index in [-0.39, 0.29) is 5.97 Å². The average Bonchev–Trinajstić information content (AvgIpc) is 2.67. The third-order valence-electron chi connectivity index (χ3n) is 3.59. The molecule has 0 aliphatic heterocycles. The summed E-state index contributed by atoms with van der Waals surface area (Å²) in [5, 5.41) is 6.45. The molecular weight excluding hydrogens is 330 g/mol. The van der Waals surface area contributed by atoms with Gasteiger partial charge in [0.15, 0.2) is 0 Å². The van der Waals surface area contributed by atoms with E-state index in [4.69, 9.17) is 4.74 Å². The predicted octanol–water partition coefficient (Wildman–Crippen LogP) is 3.32. The molecule has 26 heavy (non-hydrogen) atoms. The molecule has 1 aromatic carbocycles. The Bertz CT molecular complexity index is 882. The van der Waals surface area contributed by atoms with Gasteiger partial charge in [-0.2, -0.15) is 0 Å². The van der Waals surface area contributed by atoms with Gasteiger partial charge in [-0.25, -0.2) is 14.8 Å². The fourth-order valence-electron chi connectivity index (χ4n) is 2.36. The number of ether oxygens (including phenoxy) is 1. The van der Waals surface area contributed by atoms with Gasteiger partial charge in [-0.3, -0.25) is 4.98 Å². The lowest BCUT2D eigenvalue weighted by atomic mass is 10.2. The van der Waals surface area contributed by atoms with Gasteiger partial charge in [-0.1, -0.05) is 6.07 Å². The minimum Gasteiger partial charge on any atom is -0.465 e. The predicted molar refractivity (Wildman–Crippen MR) is 99.4 cm³/mol. The van der Waals surface area contributed by atoms with Crippen LogP contribution in [0.5, 0.6) is 0 Å². The molecule has 132 valence electrons. The zero-order valence-electron chi connectivity index (χ0n) is 14.6. The highest BCUT2D eigenvalue weighted by molar-refractivity contribution is 5.89. The molecule has 0 amide bonds. The summed E-state index contributed by atoms with van der Waals surface area (Å²) in [6.07, 6.45) is 1.76. The minimum atomic E-state index is -0.365. The minimum absolute atomic E-state index is 0.365. The zero-order chi connectivity index (χ0) is 18.4. The number of pyridine rings is 1.